The minimum atomic E-state index is -0.494. The van der Waals surface area contributed by atoms with Gasteiger partial charge in [-0.2, -0.15) is 0 Å². The largest absolute Gasteiger partial charge is 0.463 e. The summed E-state index contributed by atoms with van der Waals surface area (Å²) in [6.45, 7) is 2.03. The summed E-state index contributed by atoms with van der Waals surface area (Å²) in [6.07, 6.45) is 3.97. The van der Waals surface area contributed by atoms with Crippen LogP contribution >= 0.6 is 0 Å². The fourth-order valence-electron chi connectivity index (χ4n) is 0.762. The average molecular weight is 184 g/mol. The third kappa shape index (κ3) is 3.73. The topological polar surface area (TPSA) is 52.6 Å². The summed E-state index contributed by atoms with van der Waals surface area (Å²) in [4.78, 5) is 21.6. The number of carbonyl (C=O) groups excluding carboxylic acids is 2. The van der Waals surface area contributed by atoms with Crippen LogP contribution in [0.25, 0.3) is 0 Å². The molecule has 0 atom stereocenters. The van der Waals surface area contributed by atoms with Crippen LogP contribution in [-0.2, 0) is 19.1 Å². The van der Waals surface area contributed by atoms with Crippen LogP contribution < -0.4 is 0 Å². The van der Waals surface area contributed by atoms with Crippen LogP contribution in [-0.4, -0.2) is 18.5 Å². The Morgan fingerprint density at radius 1 is 1.46 bits per heavy atom. The van der Waals surface area contributed by atoms with Crippen LogP contribution in [0.3, 0.4) is 0 Å². The van der Waals surface area contributed by atoms with Gasteiger partial charge in [0.05, 0.1) is 18.6 Å². The van der Waals surface area contributed by atoms with E-state index in [-0.39, 0.29) is 11.9 Å². The van der Waals surface area contributed by atoms with E-state index in [2.05, 4.69) is 9.47 Å². The van der Waals surface area contributed by atoms with Gasteiger partial charge in [0, 0.05) is 0 Å². The average Bonchev–Trinajstić information content (AvgIpc) is 2.86. The van der Waals surface area contributed by atoms with Crippen LogP contribution in [0, 0.1) is 5.92 Å². The monoisotopic (exact) mass is 184 g/mol. The zero-order chi connectivity index (χ0) is 9.68. The number of carbonyl (C=O) groups is 2. The van der Waals surface area contributed by atoms with Gasteiger partial charge in [-0.05, 0) is 19.8 Å². The van der Waals surface area contributed by atoms with Crippen molar-refractivity contribution in [3.63, 3.8) is 0 Å². The molecule has 4 heteroatoms. The first kappa shape index (κ1) is 9.77. The van der Waals surface area contributed by atoms with E-state index in [1.54, 1.807) is 6.92 Å². The molecule has 1 rings (SSSR count). The molecule has 0 aromatic carbocycles. The van der Waals surface area contributed by atoms with E-state index in [9.17, 15) is 9.59 Å². The highest BCUT2D eigenvalue weighted by Crippen LogP contribution is 2.29. The molecule has 0 unspecified atom stereocenters. The highest BCUT2D eigenvalue weighted by molar-refractivity contribution is 5.82. The van der Waals surface area contributed by atoms with E-state index in [1.165, 1.54) is 0 Å². The predicted molar refractivity (Wildman–Crippen MR) is 44.6 cm³/mol. The van der Waals surface area contributed by atoms with Crippen molar-refractivity contribution in [2.45, 2.75) is 19.8 Å². The number of ether oxygens (including phenoxy) is 2. The third-order valence-electron chi connectivity index (χ3n) is 1.59. The van der Waals surface area contributed by atoms with E-state index < -0.39 is 5.97 Å². The molecule has 0 spiro atoms. The minimum Gasteiger partial charge on any atom is -0.463 e. The standard InChI is InChI=1S/C9H12O4/c1-2-12-8(10)5-6-13-9(11)7-3-4-7/h5-7H,2-4H2,1H3. The lowest BCUT2D eigenvalue weighted by Crippen LogP contribution is -2.03. The molecule has 1 aliphatic rings. The van der Waals surface area contributed by atoms with Crippen LogP contribution in [0.15, 0.2) is 12.3 Å². The van der Waals surface area contributed by atoms with Gasteiger partial charge >= 0.3 is 11.9 Å². The van der Waals surface area contributed by atoms with Crippen molar-refractivity contribution in [2.75, 3.05) is 6.61 Å². The van der Waals surface area contributed by atoms with Gasteiger partial charge in [0.15, 0.2) is 0 Å². The van der Waals surface area contributed by atoms with Crippen molar-refractivity contribution in [3.05, 3.63) is 12.3 Å². The van der Waals surface area contributed by atoms with Crippen molar-refractivity contribution in [2.24, 2.45) is 5.92 Å². The summed E-state index contributed by atoms with van der Waals surface area (Å²) < 4.78 is 9.25. The second-order valence-electron chi connectivity index (χ2n) is 2.77. The van der Waals surface area contributed by atoms with Gasteiger partial charge in [-0.25, -0.2) is 4.79 Å². The highest BCUT2D eigenvalue weighted by Gasteiger charge is 2.30. The van der Waals surface area contributed by atoms with E-state index in [0.717, 1.165) is 25.2 Å². The summed E-state index contributed by atoms with van der Waals surface area (Å²) in [6, 6.07) is 0. The second kappa shape index (κ2) is 4.64. The van der Waals surface area contributed by atoms with E-state index in [0.29, 0.717) is 6.61 Å². The first-order valence-electron chi connectivity index (χ1n) is 4.28. The molecular weight excluding hydrogens is 172 g/mol. The Bertz CT molecular complexity index is 228. The normalized spacial score (nSPS) is 15.8. The molecule has 0 radical (unpaired) electrons. The predicted octanol–water partition coefficient (Wildman–Crippen LogP) is 1.02. The van der Waals surface area contributed by atoms with Crippen molar-refractivity contribution >= 4 is 11.9 Å². The Balaban J connectivity index is 2.16. The third-order valence-corrected chi connectivity index (χ3v) is 1.59. The molecule has 0 amide bonds. The lowest BCUT2D eigenvalue weighted by Gasteiger charge is -1.96. The van der Waals surface area contributed by atoms with Crippen LogP contribution in [0.5, 0.6) is 0 Å². The van der Waals surface area contributed by atoms with Crippen molar-refractivity contribution in [1.82, 2.24) is 0 Å². The Labute approximate surface area is 76.5 Å². The van der Waals surface area contributed by atoms with Crippen LogP contribution in [0.2, 0.25) is 0 Å². The fraction of sp³-hybridized carbons (Fsp3) is 0.556. The van der Waals surface area contributed by atoms with Gasteiger partial charge < -0.3 is 9.47 Å². The lowest BCUT2D eigenvalue weighted by atomic mass is 10.4. The van der Waals surface area contributed by atoms with Crippen molar-refractivity contribution in [1.29, 1.82) is 0 Å². The van der Waals surface area contributed by atoms with Gasteiger partial charge in [-0.1, -0.05) is 0 Å². The van der Waals surface area contributed by atoms with E-state index >= 15 is 0 Å². The van der Waals surface area contributed by atoms with Crippen molar-refractivity contribution in [3.8, 4) is 0 Å². The maximum absolute atomic E-state index is 10.9. The Morgan fingerprint density at radius 2 is 2.15 bits per heavy atom. The number of hydrogen-bond donors (Lipinski definition) is 0. The molecule has 1 aliphatic carbocycles. The SMILES string of the molecule is CCOC(=O)C=COC(=O)C1CC1. The molecule has 0 aromatic rings. The molecule has 0 heterocycles. The Morgan fingerprint density at radius 3 is 2.69 bits per heavy atom. The molecule has 4 nitrogen and oxygen atoms in total. The number of rotatable bonds is 4. The molecule has 1 fully saturated rings. The fourth-order valence-corrected chi connectivity index (χ4v) is 0.762. The number of hydrogen-bond acceptors (Lipinski definition) is 4. The summed E-state index contributed by atoms with van der Waals surface area (Å²) in [5.74, 6) is -0.710. The molecule has 0 N–H and O–H groups in total. The van der Waals surface area contributed by atoms with E-state index in [1.807, 2.05) is 0 Å². The molecule has 13 heavy (non-hydrogen) atoms. The molecule has 1 saturated carbocycles. The summed E-state index contributed by atoms with van der Waals surface area (Å²) >= 11 is 0. The first-order valence-corrected chi connectivity index (χ1v) is 4.28. The molecule has 72 valence electrons. The van der Waals surface area contributed by atoms with E-state index in [4.69, 9.17) is 0 Å². The summed E-state index contributed by atoms with van der Waals surface area (Å²) in [5, 5.41) is 0. The zero-order valence-electron chi connectivity index (χ0n) is 7.49. The first-order chi connectivity index (χ1) is 6.24. The molecule has 0 bridgehead atoms. The number of esters is 2. The quantitative estimate of drug-likeness (QED) is 0.372. The second-order valence-corrected chi connectivity index (χ2v) is 2.77. The molecule has 0 saturated heterocycles. The van der Waals surface area contributed by atoms with Gasteiger partial charge in [0.25, 0.3) is 0 Å². The molecule has 0 aromatic heterocycles. The Kier molecular flexibility index (Phi) is 3.49. The van der Waals surface area contributed by atoms with Crippen molar-refractivity contribution < 1.29 is 19.1 Å². The van der Waals surface area contributed by atoms with Crippen LogP contribution in [0.4, 0.5) is 0 Å². The van der Waals surface area contributed by atoms with Gasteiger partial charge in [-0.3, -0.25) is 4.79 Å². The summed E-state index contributed by atoms with van der Waals surface area (Å²) in [7, 11) is 0. The minimum absolute atomic E-state index is 0.0480. The molecule has 0 aliphatic heterocycles. The smallest absolute Gasteiger partial charge is 0.333 e. The van der Waals surface area contributed by atoms with Crippen LogP contribution in [0.1, 0.15) is 19.8 Å². The highest BCUT2D eigenvalue weighted by atomic mass is 16.5. The Hall–Kier alpha value is -1.32. The van der Waals surface area contributed by atoms with Gasteiger partial charge in [-0.15, -0.1) is 0 Å². The maximum atomic E-state index is 10.9. The maximum Gasteiger partial charge on any atom is 0.333 e. The zero-order valence-corrected chi connectivity index (χ0v) is 7.49. The molecular formula is C9H12O4. The van der Waals surface area contributed by atoms with Gasteiger partial charge in [0.2, 0.25) is 0 Å². The van der Waals surface area contributed by atoms with Gasteiger partial charge in [0.1, 0.15) is 6.26 Å². The lowest BCUT2D eigenvalue weighted by molar-refractivity contribution is -0.139. The summed E-state index contributed by atoms with van der Waals surface area (Å²) in [5.41, 5.74) is 0.